The van der Waals surface area contributed by atoms with Crippen LogP contribution in [0, 0.1) is 0 Å². The molecule has 0 saturated heterocycles. The lowest BCUT2D eigenvalue weighted by Crippen LogP contribution is -2.17. The Bertz CT molecular complexity index is 1010. The average Bonchev–Trinajstić information content (AvgIpc) is 2.47. The predicted molar refractivity (Wildman–Crippen MR) is 98.7 cm³/mol. The van der Waals surface area contributed by atoms with Gasteiger partial charge in [0, 0.05) is 16.1 Å². The summed E-state index contributed by atoms with van der Waals surface area (Å²) < 4.78 is 50.3. The van der Waals surface area contributed by atoms with Gasteiger partial charge in [-0.05, 0) is 30.2 Å². The number of halogens is 2. The third-order valence-electron chi connectivity index (χ3n) is 3.07. The fourth-order valence-corrected chi connectivity index (χ4v) is 4.95. The summed E-state index contributed by atoms with van der Waals surface area (Å²) in [6, 6.07) is 5.17. The molecule has 26 heavy (non-hydrogen) atoms. The van der Waals surface area contributed by atoms with Crippen molar-refractivity contribution < 1.29 is 21.9 Å². The Balaban J connectivity index is 2.24. The molecule has 0 unspecified atom stereocenters. The topological polar surface area (TPSA) is 126 Å². The van der Waals surface area contributed by atoms with Crippen LogP contribution in [-0.4, -0.2) is 37.9 Å². The monoisotopic (exact) mass is 439 g/mol. The Morgan fingerprint density at radius 2 is 1.65 bits per heavy atom. The van der Waals surface area contributed by atoms with Crippen LogP contribution in [0.15, 0.2) is 29.3 Å². The number of nitrogens with zero attached hydrogens (tertiary/aromatic N) is 2. The molecule has 2 rings (SSSR count). The molecule has 1 aromatic carbocycles. The summed E-state index contributed by atoms with van der Waals surface area (Å²) in [5.41, 5.74) is 0.324. The zero-order valence-electron chi connectivity index (χ0n) is 13.5. The second kappa shape index (κ2) is 7.95. The molecule has 8 nitrogen and oxygen atoms in total. The molecule has 2 N–H and O–H groups in total. The average molecular weight is 440 g/mol. The highest BCUT2D eigenvalue weighted by atomic mass is 35.5. The Morgan fingerprint density at radius 3 is 2.19 bits per heavy atom. The van der Waals surface area contributed by atoms with Gasteiger partial charge in [-0.3, -0.25) is 4.72 Å². The first kappa shape index (κ1) is 20.7. The maximum atomic E-state index is 12.2. The van der Waals surface area contributed by atoms with Crippen LogP contribution in [0.3, 0.4) is 0 Å². The second-order valence-electron chi connectivity index (χ2n) is 5.37. The van der Waals surface area contributed by atoms with E-state index in [1.54, 1.807) is 6.92 Å². The number of sulfone groups is 1. The lowest BCUT2D eigenvalue weighted by molar-refractivity contribution is 0.469. The minimum absolute atomic E-state index is 0.165. The van der Waals surface area contributed by atoms with E-state index in [0.717, 1.165) is 6.07 Å². The van der Waals surface area contributed by atoms with Crippen molar-refractivity contribution in [2.75, 3.05) is 10.5 Å². The zero-order chi connectivity index (χ0) is 19.5. The molecule has 0 radical (unpaired) electrons. The largest absolute Gasteiger partial charge is 0.504 e. The van der Waals surface area contributed by atoms with Crippen LogP contribution in [0.25, 0.3) is 0 Å². The molecule has 0 spiro atoms. The van der Waals surface area contributed by atoms with Gasteiger partial charge in [0.2, 0.25) is 15.8 Å². The number of hydrogen-bond acceptors (Lipinski definition) is 7. The van der Waals surface area contributed by atoms with Crippen molar-refractivity contribution in [2.45, 2.75) is 24.1 Å². The first-order valence-electron chi connectivity index (χ1n) is 7.27. The van der Waals surface area contributed by atoms with Crippen molar-refractivity contribution in [3.8, 4) is 5.75 Å². The van der Waals surface area contributed by atoms with E-state index in [4.69, 9.17) is 23.2 Å². The van der Waals surface area contributed by atoms with Gasteiger partial charge in [-0.25, -0.2) is 16.8 Å². The van der Waals surface area contributed by atoms with Gasteiger partial charge in [-0.15, -0.1) is 10.2 Å². The third-order valence-corrected chi connectivity index (χ3v) is 6.51. The van der Waals surface area contributed by atoms with Crippen molar-refractivity contribution >= 4 is 48.9 Å². The summed E-state index contributed by atoms with van der Waals surface area (Å²) in [4.78, 5) is 0. The SMILES string of the molecule is CCCS(=O)(=O)c1cc(O)c(NS(=O)(=O)Cc2cc(Cl)cc(Cl)c2)nn1. The van der Waals surface area contributed by atoms with Gasteiger partial charge in [-0.1, -0.05) is 30.1 Å². The molecule has 1 heterocycles. The van der Waals surface area contributed by atoms with Gasteiger partial charge in [0.25, 0.3) is 0 Å². The summed E-state index contributed by atoms with van der Waals surface area (Å²) in [6.45, 7) is 1.68. The molecule has 0 fully saturated rings. The number of aromatic nitrogens is 2. The Labute approximate surface area is 161 Å². The quantitative estimate of drug-likeness (QED) is 0.678. The molecule has 0 aliphatic rings. The van der Waals surface area contributed by atoms with Crippen LogP contribution in [-0.2, 0) is 25.6 Å². The first-order chi connectivity index (χ1) is 12.0. The fourth-order valence-electron chi connectivity index (χ4n) is 2.06. The number of anilines is 1. The van der Waals surface area contributed by atoms with E-state index in [-0.39, 0.29) is 15.8 Å². The van der Waals surface area contributed by atoms with Gasteiger partial charge < -0.3 is 5.11 Å². The van der Waals surface area contributed by atoms with Gasteiger partial charge >= 0.3 is 0 Å². The predicted octanol–water partition coefficient (Wildman–Crippen LogP) is 2.61. The minimum atomic E-state index is -3.98. The number of nitrogens with one attached hydrogen (secondary N) is 1. The maximum Gasteiger partial charge on any atom is 0.238 e. The van der Waals surface area contributed by atoms with E-state index in [9.17, 15) is 21.9 Å². The van der Waals surface area contributed by atoms with Crippen molar-refractivity contribution in [3.05, 3.63) is 39.9 Å². The molecule has 0 bridgehead atoms. The first-order valence-corrected chi connectivity index (χ1v) is 11.3. The van der Waals surface area contributed by atoms with Crippen molar-refractivity contribution in [3.63, 3.8) is 0 Å². The highest BCUT2D eigenvalue weighted by Crippen LogP contribution is 2.25. The fraction of sp³-hybridized carbons (Fsp3) is 0.286. The van der Waals surface area contributed by atoms with Crippen molar-refractivity contribution in [1.29, 1.82) is 0 Å². The normalized spacial score (nSPS) is 12.1. The van der Waals surface area contributed by atoms with Crippen molar-refractivity contribution in [2.24, 2.45) is 0 Å². The lowest BCUT2D eigenvalue weighted by atomic mass is 10.2. The van der Waals surface area contributed by atoms with Gasteiger partial charge in [0.1, 0.15) is 0 Å². The van der Waals surface area contributed by atoms with E-state index in [0.29, 0.717) is 12.0 Å². The molecule has 0 saturated carbocycles. The Hall–Kier alpha value is -1.62. The Kier molecular flexibility index (Phi) is 6.33. The van der Waals surface area contributed by atoms with Crippen LogP contribution >= 0.6 is 23.2 Å². The van der Waals surface area contributed by atoms with Gasteiger partial charge in [0.15, 0.2) is 20.6 Å². The standard InChI is InChI=1S/C14H15Cl2N3O5S2/c1-2-3-25(21,22)13-7-12(20)14(18-17-13)19-26(23,24)8-9-4-10(15)6-11(16)5-9/h4-7H,2-3,8H2,1H3,(H,17,20)(H,18,19). The minimum Gasteiger partial charge on any atom is -0.504 e. The molecular weight excluding hydrogens is 425 g/mol. The summed E-state index contributed by atoms with van der Waals surface area (Å²) in [5.74, 6) is -1.78. The summed E-state index contributed by atoms with van der Waals surface area (Å²) in [7, 11) is -7.67. The number of benzene rings is 1. The van der Waals surface area contributed by atoms with Crippen LogP contribution in [0.4, 0.5) is 5.82 Å². The van der Waals surface area contributed by atoms with Crippen LogP contribution < -0.4 is 4.72 Å². The number of rotatable bonds is 7. The molecule has 0 aliphatic heterocycles. The van der Waals surface area contributed by atoms with E-state index >= 15 is 0 Å². The third kappa shape index (κ3) is 5.44. The molecule has 12 heteroatoms. The highest BCUT2D eigenvalue weighted by Gasteiger charge is 2.21. The highest BCUT2D eigenvalue weighted by molar-refractivity contribution is 7.92. The molecule has 2 aromatic rings. The van der Waals surface area contributed by atoms with E-state index in [2.05, 4.69) is 14.9 Å². The number of hydrogen-bond donors (Lipinski definition) is 2. The van der Waals surface area contributed by atoms with Crippen LogP contribution in [0.1, 0.15) is 18.9 Å². The van der Waals surface area contributed by atoms with E-state index in [1.165, 1.54) is 18.2 Å². The molecule has 0 aliphatic carbocycles. The molecule has 0 atom stereocenters. The molecule has 0 amide bonds. The second-order valence-corrected chi connectivity index (χ2v) is 10.0. The summed E-state index contributed by atoms with van der Waals surface area (Å²) >= 11 is 11.7. The van der Waals surface area contributed by atoms with E-state index < -0.39 is 42.2 Å². The lowest BCUT2D eigenvalue weighted by Gasteiger charge is -2.10. The van der Waals surface area contributed by atoms with Gasteiger partial charge in [-0.2, -0.15) is 0 Å². The van der Waals surface area contributed by atoms with Crippen molar-refractivity contribution in [1.82, 2.24) is 10.2 Å². The molecule has 142 valence electrons. The number of sulfonamides is 1. The van der Waals surface area contributed by atoms with E-state index in [1.807, 2.05) is 0 Å². The molecule has 1 aromatic heterocycles. The molecular formula is C14H15Cl2N3O5S2. The summed E-state index contributed by atoms with van der Waals surface area (Å²) in [6.07, 6.45) is 0.362. The smallest absolute Gasteiger partial charge is 0.238 e. The zero-order valence-corrected chi connectivity index (χ0v) is 16.6. The Morgan fingerprint density at radius 1 is 1.04 bits per heavy atom. The van der Waals surface area contributed by atoms with Crippen LogP contribution in [0.5, 0.6) is 5.75 Å². The maximum absolute atomic E-state index is 12.2. The van der Waals surface area contributed by atoms with Crippen LogP contribution in [0.2, 0.25) is 10.0 Å². The number of aromatic hydroxyl groups is 1. The van der Waals surface area contributed by atoms with Gasteiger partial charge in [0.05, 0.1) is 11.5 Å². The summed E-state index contributed by atoms with van der Waals surface area (Å²) in [5, 5.41) is 17.0.